The summed E-state index contributed by atoms with van der Waals surface area (Å²) in [4.78, 5) is 24.4. The zero-order valence-electron chi connectivity index (χ0n) is 12.6. The minimum atomic E-state index is -0.532. The second-order valence-corrected chi connectivity index (χ2v) is 5.18. The molecule has 3 heterocycles. The zero-order valence-corrected chi connectivity index (χ0v) is 12.6. The van der Waals surface area contributed by atoms with Crippen LogP contribution < -0.4 is 5.76 Å². The van der Waals surface area contributed by atoms with Crippen molar-refractivity contribution in [3.05, 3.63) is 59.2 Å². The highest BCUT2D eigenvalue weighted by molar-refractivity contribution is 5.72. The normalized spacial score (nSPS) is 11.2. The number of para-hydroxylation sites is 2. The predicted octanol–water partition coefficient (Wildman–Crippen LogP) is 2.07. The van der Waals surface area contributed by atoms with Gasteiger partial charge in [0.2, 0.25) is 5.82 Å². The summed E-state index contributed by atoms with van der Waals surface area (Å²) in [6.07, 6.45) is 4.42. The Bertz CT molecular complexity index is 986. The molecule has 1 aromatic carbocycles. The molecule has 0 spiro atoms. The van der Waals surface area contributed by atoms with Crippen molar-refractivity contribution in [1.29, 1.82) is 0 Å². The first-order valence-electron chi connectivity index (χ1n) is 7.49. The van der Waals surface area contributed by atoms with Gasteiger partial charge < -0.3 is 4.42 Å². The fourth-order valence-corrected chi connectivity index (χ4v) is 2.46. The van der Waals surface area contributed by atoms with Gasteiger partial charge in [-0.2, -0.15) is 0 Å². The Morgan fingerprint density at radius 3 is 2.75 bits per heavy atom. The molecule has 0 unspecified atom stereocenters. The van der Waals surface area contributed by atoms with Gasteiger partial charge in [0.05, 0.1) is 0 Å². The highest BCUT2D eigenvalue weighted by Gasteiger charge is 2.15. The van der Waals surface area contributed by atoms with Crippen LogP contribution in [0.2, 0.25) is 0 Å². The molecule has 0 bridgehead atoms. The summed E-state index contributed by atoms with van der Waals surface area (Å²) in [5, 5.41) is 3.76. The molecular formula is C16H13N5O3. The second kappa shape index (κ2) is 6.07. The maximum atomic E-state index is 11.8. The molecule has 3 aromatic heterocycles. The van der Waals surface area contributed by atoms with Gasteiger partial charge in [-0.25, -0.2) is 19.7 Å². The van der Waals surface area contributed by atoms with Crippen LogP contribution in [-0.2, 0) is 13.0 Å². The summed E-state index contributed by atoms with van der Waals surface area (Å²) >= 11 is 0. The molecule has 0 atom stereocenters. The molecule has 4 aromatic rings. The number of nitrogens with zero attached hydrogens (tertiary/aromatic N) is 5. The van der Waals surface area contributed by atoms with Gasteiger partial charge in [-0.15, -0.1) is 0 Å². The van der Waals surface area contributed by atoms with Crippen molar-refractivity contribution in [3.63, 3.8) is 0 Å². The molecule has 0 saturated carbocycles. The van der Waals surface area contributed by atoms with E-state index in [1.165, 1.54) is 4.57 Å². The van der Waals surface area contributed by atoms with Crippen molar-refractivity contribution in [2.75, 3.05) is 0 Å². The topological polar surface area (TPSA) is 99.8 Å². The highest BCUT2D eigenvalue weighted by Crippen LogP contribution is 2.16. The van der Waals surface area contributed by atoms with E-state index in [1.54, 1.807) is 18.5 Å². The van der Waals surface area contributed by atoms with E-state index in [0.717, 1.165) is 11.1 Å². The molecule has 0 fully saturated rings. The van der Waals surface area contributed by atoms with Crippen molar-refractivity contribution < 1.29 is 8.94 Å². The first-order chi connectivity index (χ1) is 11.8. The molecule has 0 saturated heterocycles. The first kappa shape index (κ1) is 14.3. The zero-order chi connectivity index (χ0) is 16.4. The fourth-order valence-electron chi connectivity index (χ4n) is 2.46. The molecule has 0 radical (unpaired) electrons. The van der Waals surface area contributed by atoms with Crippen LogP contribution in [0.4, 0.5) is 0 Å². The van der Waals surface area contributed by atoms with Gasteiger partial charge in [0.1, 0.15) is 5.52 Å². The van der Waals surface area contributed by atoms with Crippen LogP contribution in [0.3, 0.4) is 0 Å². The van der Waals surface area contributed by atoms with Gasteiger partial charge in [-0.05, 0) is 24.6 Å². The van der Waals surface area contributed by atoms with E-state index in [0.29, 0.717) is 36.9 Å². The number of fused-ring (bicyclic) bond motifs is 1. The second-order valence-electron chi connectivity index (χ2n) is 5.18. The molecule has 8 heteroatoms. The Balaban J connectivity index is 1.50. The number of aryl methyl sites for hydroxylation is 1. The molecule has 0 aliphatic rings. The Hall–Kier alpha value is -3.29. The van der Waals surface area contributed by atoms with Crippen LogP contribution in [0.5, 0.6) is 0 Å². The number of benzene rings is 1. The molecule has 8 nitrogen and oxygen atoms in total. The number of oxazole rings is 1. The van der Waals surface area contributed by atoms with Crippen molar-refractivity contribution in [1.82, 2.24) is 24.7 Å². The molecule has 0 amide bonds. The van der Waals surface area contributed by atoms with Crippen molar-refractivity contribution in [2.24, 2.45) is 0 Å². The van der Waals surface area contributed by atoms with Gasteiger partial charge in [0.15, 0.2) is 17.3 Å². The van der Waals surface area contributed by atoms with Crippen LogP contribution in [0.1, 0.15) is 12.3 Å². The molecule has 4 rings (SSSR count). The van der Waals surface area contributed by atoms with Crippen molar-refractivity contribution in [2.45, 2.75) is 19.4 Å². The minimum absolute atomic E-state index is 0.318. The number of hydrogen-bond acceptors (Lipinski definition) is 7. The van der Waals surface area contributed by atoms with Gasteiger partial charge in [0.25, 0.3) is 0 Å². The van der Waals surface area contributed by atoms with E-state index >= 15 is 0 Å². The number of hydrogen-bond donors (Lipinski definition) is 0. The molecule has 120 valence electrons. The smallest absolute Gasteiger partial charge is 0.441 e. The summed E-state index contributed by atoms with van der Waals surface area (Å²) < 4.78 is 11.8. The third kappa shape index (κ3) is 2.69. The number of rotatable bonds is 5. The van der Waals surface area contributed by atoms with E-state index in [4.69, 9.17) is 8.94 Å². The van der Waals surface area contributed by atoms with Crippen molar-refractivity contribution in [3.8, 4) is 11.6 Å². The lowest BCUT2D eigenvalue weighted by Gasteiger charge is -2.02. The Labute approximate surface area is 135 Å². The lowest BCUT2D eigenvalue weighted by atomic mass is 10.3. The standard InChI is InChI=1S/C16H13N5O3/c22-16-21(15(20-24-16)14-17-8-4-9-18-14)10-3-7-13-19-11-5-1-2-6-12(11)23-13/h1-2,4-6,8-9H,3,7,10H2. The quantitative estimate of drug-likeness (QED) is 0.554. The first-order valence-corrected chi connectivity index (χ1v) is 7.49. The average molecular weight is 323 g/mol. The average Bonchev–Trinajstić information content (AvgIpc) is 3.19. The molecule has 0 aliphatic carbocycles. The maximum absolute atomic E-state index is 11.8. The minimum Gasteiger partial charge on any atom is -0.441 e. The Morgan fingerprint density at radius 1 is 1.08 bits per heavy atom. The largest absolute Gasteiger partial charge is 0.441 e. The summed E-state index contributed by atoms with van der Waals surface area (Å²) in [5.41, 5.74) is 1.58. The predicted molar refractivity (Wildman–Crippen MR) is 84.1 cm³/mol. The molecule has 24 heavy (non-hydrogen) atoms. The SMILES string of the molecule is O=c1onc(-c2ncccn2)n1CCCc1nc2ccccc2o1. The lowest BCUT2D eigenvalue weighted by molar-refractivity contribution is 0.374. The van der Waals surface area contributed by atoms with E-state index < -0.39 is 5.76 Å². The van der Waals surface area contributed by atoms with E-state index in [2.05, 4.69) is 20.1 Å². The summed E-state index contributed by atoms with van der Waals surface area (Å²) in [5.74, 6) is 0.775. The summed E-state index contributed by atoms with van der Waals surface area (Å²) in [6.45, 7) is 0.411. The van der Waals surface area contributed by atoms with Crippen LogP contribution in [-0.4, -0.2) is 24.7 Å². The summed E-state index contributed by atoms with van der Waals surface area (Å²) in [6, 6.07) is 9.29. The van der Waals surface area contributed by atoms with E-state index in [1.807, 2.05) is 24.3 Å². The Morgan fingerprint density at radius 2 is 1.92 bits per heavy atom. The molecule has 0 aliphatic heterocycles. The van der Waals surface area contributed by atoms with Crippen molar-refractivity contribution >= 4 is 11.1 Å². The van der Waals surface area contributed by atoms with E-state index in [-0.39, 0.29) is 0 Å². The van der Waals surface area contributed by atoms with Gasteiger partial charge in [-0.1, -0.05) is 17.3 Å². The molecule has 0 N–H and O–H groups in total. The van der Waals surface area contributed by atoms with Gasteiger partial charge >= 0.3 is 5.76 Å². The van der Waals surface area contributed by atoms with Crippen LogP contribution >= 0.6 is 0 Å². The van der Waals surface area contributed by atoms with Crippen LogP contribution in [0, 0.1) is 0 Å². The highest BCUT2D eigenvalue weighted by atomic mass is 16.5. The monoisotopic (exact) mass is 323 g/mol. The summed E-state index contributed by atoms with van der Waals surface area (Å²) in [7, 11) is 0. The number of aromatic nitrogens is 5. The third-order valence-corrected chi connectivity index (χ3v) is 3.56. The van der Waals surface area contributed by atoms with Gasteiger partial charge in [-0.3, -0.25) is 9.09 Å². The van der Waals surface area contributed by atoms with Gasteiger partial charge in [0, 0.05) is 25.4 Å². The van der Waals surface area contributed by atoms with Crippen LogP contribution in [0.15, 0.2) is 56.5 Å². The third-order valence-electron chi connectivity index (χ3n) is 3.56. The van der Waals surface area contributed by atoms with Crippen LogP contribution in [0.25, 0.3) is 22.7 Å². The molecular weight excluding hydrogens is 310 g/mol. The van der Waals surface area contributed by atoms with E-state index in [9.17, 15) is 4.79 Å². The Kier molecular flexibility index (Phi) is 3.62. The lowest BCUT2D eigenvalue weighted by Crippen LogP contribution is -2.16. The maximum Gasteiger partial charge on any atom is 0.441 e. The fraction of sp³-hybridized carbons (Fsp3) is 0.188.